The van der Waals surface area contributed by atoms with Gasteiger partial charge < -0.3 is 5.73 Å². The molecule has 8 heteroatoms. The smallest absolute Gasteiger partial charge is 0.218 e. The highest BCUT2D eigenvalue weighted by Crippen LogP contribution is 2.29. The van der Waals surface area contributed by atoms with Crippen LogP contribution in [-0.2, 0) is 19.9 Å². The molecule has 6 nitrogen and oxygen atoms in total. The van der Waals surface area contributed by atoms with Gasteiger partial charge in [-0.3, -0.25) is 0 Å². The van der Waals surface area contributed by atoms with Crippen LogP contribution in [0.3, 0.4) is 0 Å². The maximum Gasteiger partial charge on any atom is 0.218 e. The Morgan fingerprint density at radius 2 is 2.00 bits per heavy atom. The molecule has 3 unspecified atom stereocenters. The normalized spacial score (nSPS) is 36.4. The molecular weight excluding hydrogens is 288 g/mol. The number of rotatable bonds is 3. The zero-order valence-electron chi connectivity index (χ0n) is 11.2. The Labute approximate surface area is 115 Å². The lowest BCUT2D eigenvalue weighted by Gasteiger charge is -2.38. The van der Waals surface area contributed by atoms with Crippen LogP contribution in [0.4, 0.5) is 0 Å². The molecule has 0 radical (unpaired) electrons. The number of sulfonamides is 1. The topological polar surface area (TPSA) is 97.5 Å². The van der Waals surface area contributed by atoms with Gasteiger partial charge in [-0.1, -0.05) is 6.92 Å². The fourth-order valence-corrected chi connectivity index (χ4v) is 7.71. The van der Waals surface area contributed by atoms with Crippen molar-refractivity contribution in [1.82, 2.24) is 4.31 Å². The largest absolute Gasteiger partial charge is 0.329 e. The quantitative estimate of drug-likeness (QED) is 0.762. The SMILES string of the molecule is CC1CCN(S(=O)(=O)C2CCS(=O)(=O)C2)C(CN)C1. The lowest BCUT2D eigenvalue weighted by molar-refractivity contribution is 0.209. The summed E-state index contributed by atoms with van der Waals surface area (Å²) < 4.78 is 49.5. The van der Waals surface area contributed by atoms with Crippen LogP contribution in [0.25, 0.3) is 0 Å². The van der Waals surface area contributed by atoms with Crippen molar-refractivity contribution in [2.45, 2.75) is 37.5 Å². The summed E-state index contributed by atoms with van der Waals surface area (Å²) in [6, 6.07) is -0.183. The molecular formula is C11H22N2O4S2. The van der Waals surface area contributed by atoms with Crippen LogP contribution in [0.1, 0.15) is 26.2 Å². The van der Waals surface area contributed by atoms with Crippen LogP contribution in [0.2, 0.25) is 0 Å². The summed E-state index contributed by atoms with van der Waals surface area (Å²) in [7, 11) is -6.73. The van der Waals surface area contributed by atoms with Crippen molar-refractivity contribution in [2.24, 2.45) is 11.7 Å². The van der Waals surface area contributed by atoms with Crippen molar-refractivity contribution in [1.29, 1.82) is 0 Å². The third kappa shape index (κ3) is 3.12. The molecule has 0 amide bonds. The van der Waals surface area contributed by atoms with Crippen LogP contribution in [0.5, 0.6) is 0 Å². The molecule has 0 aromatic heterocycles. The van der Waals surface area contributed by atoms with Gasteiger partial charge in [-0.25, -0.2) is 16.8 Å². The molecule has 0 aromatic carbocycles. The Bertz CT molecular complexity index is 529. The summed E-state index contributed by atoms with van der Waals surface area (Å²) >= 11 is 0. The first kappa shape index (κ1) is 15.2. The Morgan fingerprint density at radius 3 is 2.53 bits per heavy atom. The second kappa shape index (κ2) is 5.31. The summed E-state index contributed by atoms with van der Waals surface area (Å²) in [4.78, 5) is 0. The minimum absolute atomic E-state index is 0.0194. The molecule has 3 atom stereocenters. The van der Waals surface area contributed by atoms with E-state index in [2.05, 4.69) is 6.92 Å². The Balaban J connectivity index is 2.19. The highest BCUT2D eigenvalue weighted by molar-refractivity contribution is 7.95. The van der Waals surface area contributed by atoms with Gasteiger partial charge in [-0.2, -0.15) is 4.31 Å². The van der Waals surface area contributed by atoms with Crippen molar-refractivity contribution in [2.75, 3.05) is 24.6 Å². The second-order valence-electron chi connectivity index (χ2n) is 5.70. The fraction of sp³-hybridized carbons (Fsp3) is 1.00. The molecule has 0 saturated carbocycles. The molecule has 2 fully saturated rings. The molecule has 2 aliphatic heterocycles. The van der Waals surface area contributed by atoms with Crippen molar-refractivity contribution in [3.05, 3.63) is 0 Å². The zero-order chi connectivity index (χ0) is 14.3. The van der Waals surface area contributed by atoms with Crippen LogP contribution in [0.15, 0.2) is 0 Å². The molecule has 2 N–H and O–H groups in total. The van der Waals surface area contributed by atoms with E-state index in [0.29, 0.717) is 19.0 Å². The average molecular weight is 310 g/mol. The highest BCUT2D eigenvalue weighted by Gasteiger charge is 2.43. The van der Waals surface area contributed by atoms with Crippen molar-refractivity contribution in [3.63, 3.8) is 0 Å². The Hall–Kier alpha value is -0.180. The van der Waals surface area contributed by atoms with Crippen molar-refractivity contribution in [3.8, 4) is 0 Å². The predicted molar refractivity (Wildman–Crippen MR) is 73.9 cm³/mol. The van der Waals surface area contributed by atoms with E-state index in [9.17, 15) is 16.8 Å². The summed E-state index contributed by atoms with van der Waals surface area (Å²) in [6.45, 7) is 2.84. The van der Waals surface area contributed by atoms with E-state index < -0.39 is 25.1 Å². The summed E-state index contributed by atoms with van der Waals surface area (Å²) in [5.74, 6) is 0.208. The van der Waals surface area contributed by atoms with Crippen molar-refractivity contribution < 1.29 is 16.8 Å². The fourth-order valence-electron chi connectivity index (χ4n) is 2.97. The van der Waals surface area contributed by atoms with Crippen LogP contribution in [0, 0.1) is 5.92 Å². The van der Waals surface area contributed by atoms with Gasteiger partial charge in [0.1, 0.15) is 0 Å². The predicted octanol–water partition coefficient (Wildman–Crippen LogP) is -0.437. The number of sulfone groups is 1. The van der Waals surface area contributed by atoms with Gasteiger partial charge in [-0.15, -0.1) is 0 Å². The van der Waals surface area contributed by atoms with E-state index in [1.54, 1.807) is 0 Å². The van der Waals surface area contributed by atoms with E-state index >= 15 is 0 Å². The van der Waals surface area contributed by atoms with Gasteiger partial charge in [-0.05, 0) is 25.2 Å². The molecule has 0 bridgehead atoms. The number of nitrogens with two attached hydrogens (primary N) is 1. The Morgan fingerprint density at radius 1 is 1.32 bits per heavy atom. The summed E-state index contributed by atoms with van der Waals surface area (Å²) in [5, 5.41) is -0.778. The molecule has 2 saturated heterocycles. The van der Waals surface area contributed by atoms with Crippen LogP contribution in [-0.4, -0.2) is 57.0 Å². The van der Waals surface area contributed by atoms with E-state index in [4.69, 9.17) is 5.73 Å². The lowest BCUT2D eigenvalue weighted by Crippen LogP contribution is -2.52. The first-order valence-electron chi connectivity index (χ1n) is 6.67. The highest BCUT2D eigenvalue weighted by atomic mass is 32.2. The molecule has 19 heavy (non-hydrogen) atoms. The van der Waals surface area contributed by atoms with Crippen molar-refractivity contribution >= 4 is 19.9 Å². The molecule has 2 aliphatic rings. The number of hydrogen-bond acceptors (Lipinski definition) is 5. The minimum atomic E-state index is -3.54. The first-order valence-corrected chi connectivity index (χ1v) is 10.00. The van der Waals surface area contributed by atoms with Gasteiger partial charge in [0.2, 0.25) is 10.0 Å². The monoisotopic (exact) mass is 310 g/mol. The van der Waals surface area contributed by atoms with E-state index in [-0.39, 0.29) is 24.0 Å². The van der Waals surface area contributed by atoms with E-state index in [1.807, 2.05) is 0 Å². The van der Waals surface area contributed by atoms with E-state index in [0.717, 1.165) is 12.8 Å². The molecule has 0 aliphatic carbocycles. The Kier molecular flexibility index (Phi) is 4.25. The van der Waals surface area contributed by atoms with Gasteiger partial charge in [0, 0.05) is 19.1 Å². The number of hydrogen-bond donors (Lipinski definition) is 1. The lowest BCUT2D eigenvalue weighted by atomic mass is 9.94. The summed E-state index contributed by atoms with van der Waals surface area (Å²) in [5.41, 5.74) is 5.68. The minimum Gasteiger partial charge on any atom is -0.329 e. The first-order chi connectivity index (χ1) is 8.76. The molecule has 2 heterocycles. The zero-order valence-corrected chi connectivity index (χ0v) is 12.8. The van der Waals surface area contributed by atoms with Crippen LogP contribution >= 0.6 is 0 Å². The molecule has 0 spiro atoms. The molecule has 0 aromatic rings. The van der Waals surface area contributed by atoms with Gasteiger partial charge in [0.05, 0.1) is 16.8 Å². The number of piperidine rings is 1. The number of nitrogens with zero attached hydrogens (tertiary/aromatic N) is 1. The van der Waals surface area contributed by atoms with Gasteiger partial charge >= 0.3 is 0 Å². The third-order valence-electron chi connectivity index (χ3n) is 4.13. The summed E-state index contributed by atoms with van der Waals surface area (Å²) in [6.07, 6.45) is 1.79. The van der Waals surface area contributed by atoms with Gasteiger partial charge in [0.25, 0.3) is 0 Å². The van der Waals surface area contributed by atoms with Gasteiger partial charge in [0.15, 0.2) is 9.84 Å². The third-order valence-corrected chi connectivity index (χ3v) is 8.49. The maximum atomic E-state index is 12.6. The standard InChI is InChI=1S/C11H22N2O4S2/c1-9-2-4-13(10(6-9)7-12)19(16,17)11-3-5-18(14,15)8-11/h9-11H,2-8,12H2,1H3. The van der Waals surface area contributed by atoms with Crippen LogP contribution < -0.4 is 5.73 Å². The maximum absolute atomic E-state index is 12.6. The molecule has 2 rings (SSSR count). The molecule has 112 valence electrons. The second-order valence-corrected chi connectivity index (χ2v) is 10.1. The average Bonchev–Trinajstić information content (AvgIpc) is 2.69. The van der Waals surface area contributed by atoms with E-state index in [1.165, 1.54) is 4.31 Å².